The average molecular weight is 876 g/mol. The Kier molecular flexibility index (Phi) is 13.5. The molecule has 0 aromatic heterocycles. The van der Waals surface area contributed by atoms with E-state index in [9.17, 15) is 15.2 Å². The highest BCUT2D eigenvalue weighted by atomic mass is 16.7. The standard InChI is InChI=1S/C57H49NO8/c59-55-54(64-50-38-36-49(37-39-50)58(60)61)53(62-40-42-22-8-1-9-23-42)52(66-57(46-30-16-5-17-31-46,47-32-18-6-19-33-47)48-34-20-7-21-35-48)51(65-55)41-63-56(43-24-10-2-11-25-43,44-26-12-3-13-27-44)45-28-14-4-15-29-45/h1-39,51-55,59H,40-41H2/t51-,52+,53+,54-,55+/m1/s1. The Morgan fingerprint density at radius 1 is 0.485 bits per heavy atom. The van der Waals surface area contributed by atoms with E-state index in [1.807, 2.05) is 176 Å². The van der Waals surface area contributed by atoms with E-state index in [-0.39, 0.29) is 24.7 Å². The van der Waals surface area contributed by atoms with Crippen molar-refractivity contribution in [2.45, 2.75) is 48.5 Å². The zero-order chi connectivity index (χ0) is 45.2. The van der Waals surface area contributed by atoms with Crippen molar-refractivity contribution >= 4 is 5.69 Å². The molecule has 9 rings (SSSR count). The van der Waals surface area contributed by atoms with Gasteiger partial charge in [-0.2, -0.15) is 0 Å². The lowest BCUT2D eigenvalue weighted by molar-refractivity contribution is -0.384. The Bertz CT molecular complexity index is 2540. The Hall–Kier alpha value is -7.24. The molecule has 0 aliphatic carbocycles. The first-order valence-corrected chi connectivity index (χ1v) is 22.0. The smallest absolute Gasteiger partial charge is 0.269 e. The Morgan fingerprint density at radius 3 is 1.26 bits per heavy atom. The van der Waals surface area contributed by atoms with Crippen LogP contribution in [0, 0.1) is 10.1 Å². The van der Waals surface area contributed by atoms with Crippen molar-refractivity contribution in [1.82, 2.24) is 0 Å². The number of nitro benzene ring substituents is 1. The number of non-ortho nitro benzene ring substituents is 1. The van der Waals surface area contributed by atoms with Crippen LogP contribution >= 0.6 is 0 Å². The van der Waals surface area contributed by atoms with Crippen LogP contribution in [-0.2, 0) is 36.8 Å². The highest BCUT2D eigenvalue weighted by Gasteiger charge is 2.54. The van der Waals surface area contributed by atoms with Gasteiger partial charge < -0.3 is 28.8 Å². The molecule has 66 heavy (non-hydrogen) atoms. The number of aliphatic hydroxyl groups is 1. The second-order valence-electron chi connectivity index (χ2n) is 16.1. The lowest BCUT2D eigenvalue weighted by atomic mass is 9.79. The van der Waals surface area contributed by atoms with Gasteiger partial charge in [0, 0.05) is 12.1 Å². The molecule has 1 N–H and O–H groups in total. The first-order chi connectivity index (χ1) is 32.5. The minimum absolute atomic E-state index is 0.0929. The van der Waals surface area contributed by atoms with Crippen molar-refractivity contribution < 1.29 is 33.7 Å². The van der Waals surface area contributed by atoms with Gasteiger partial charge in [-0.05, 0) is 51.1 Å². The van der Waals surface area contributed by atoms with Crippen molar-refractivity contribution in [2.24, 2.45) is 0 Å². The lowest BCUT2D eigenvalue weighted by Gasteiger charge is -2.49. The van der Waals surface area contributed by atoms with Crippen LogP contribution in [0.1, 0.15) is 38.9 Å². The summed E-state index contributed by atoms with van der Waals surface area (Å²) in [7, 11) is 0. The fraction of sp³-hybridized carbons (Fsp3) is 0.158. The van der Waals surface area contributed by atoms with Crippen LogP contribution in [0.4, 0.5) is 5.69 Å². The maximum atomic E-state index is 12.3. The molecule has 1 saturated heterocycles. The van der Waals surface area contributed by atoms with Crippen molar-refractivity contribution in [1.29, 1.82) is 0 Å². The monoisotopic (exact) mass is 875 g/mol. The van der Waals surface area contributed by atoms with Gasteiger partial charge >= 0.3 is 0 Å². The second-order valence-corrected chi connectivity index (χ2v) is 16.1. The third-order valence-corrected chi connectivity index (χ3v) is 12.1. The van der Waals surface area contributed by atoms with Crippen molar-refractivity contribution in [3.63, 3.8) is 0 Å². The van der Waals surface area contributed by atoms with Crippen molar-refractivity contribution in [3.8, 4) is 5.75 Å². The predicted octanol–water partition coefficient (Wildman–Crippen LogP) is 11.0. The molecule has 8 aromatic carbocycles. The molecule has 0 unspecified atom stereocenters. The summed E-state index contributed by atoms with van der Waals surface area (Å²) in [6.45, 7) is 0.0348. The summed E-state index contributed by atoms with van der Waals surface area (Å²) < 4.78 is 35.8. The minimum atomic E-state index is -1.58. The molecule has 0 amide bonds. The summed E-state index contributed by atoms with van der Waals surface area (Å²) in [5, 5.41) is 24.0. The molecule has 1 heterocycles. The van der Waals surface area contributed by atoms with Crippen LogP contribution < -0.4 is 4.74 Å². The fourth-order valence-corrected chi connectivity index (χ4v) is 8.96. The molecular weight excluding hydrogens is 827 g/mol. The molecule has 9 heteroatoms. The molecule has 0 bridgehead atoms. The van der Waals surface area contributed by atoms with Gasteiger partial charge in [0.15, 0.2) is 12.4 Å². The Labute approximate surface area is 384 Å². The second kappa shape index (κ2) is 20.3. The topological polar surface area (TPSA) is 110 Å². The van der Waals surface area contributed by atoms with Crippen LogP contribution in [0.15, 0.2) is 237 Å². The van der Waals surface area contributed by atoms with Gasteiger partial charge in [0.1, 0.15) is 35.3 Å². The molecule has 0 spiro atoms. The number of benzene rings is 8. The molecule has 5 atom stereocenters. The van der Waals surface area contributed by atoms with Gasteiger partial charge in [-0.1, -0.05) is 212 Å². The normalized spacial score (nSPS) is 18.6. The molecule has 330 valence electrons. The summed E-state index contributed by atoms with van der Waals surface area (Å²) in [6, 6.07) is 75.7. The first-order valence-electron chi connectivity index (χ1n) is 22.0. The highest BCUT2D eigenvalue weighted by molar-refractivity contribution is 5.49. The van der Waals surface area contributed by atoms with E-state index in [2.05, 4.69) is 36.4 Å². The molecule has 1 fully saturated rings. The molecule has 0 radical (unpaired) electrons. The van der Waals surface area contributed by atoms with E-state index in [0.29, 0.717) is 0 Å². The number of rotatable bonds is 17. The van der Waals surface area contributed by atoms with E-state index >= 15 is 0 Å². The average Bonchev–Trinajstić information content (AvgIpc) is 3.38. The van der Waals surface area contributed by atoms with E-state index < -0.39 is 46.8 Å². The van der Waals surface area contributed by atoms with E-state index in [4.69, 9.17) is 23.7 Å². The maximum Gasteiger partial charge on any atom is 0.269 e. The Balaban J connectivity index is 1.23. The van der Waals surface area contributed by atoms with Gasteiger partial charge in [-0.25, -0.2) is 0 Å². The summed E-state index contributed by atoms with van der Waals surface area (Å²) in [4.78, 5) is 11.2. The number of nitro groups is 1. The SMILES string of the molecule is O=[N+]([O-])c1ccc(O[C@@H]2[C@@H](OCc3ccccc3)[C@@H](OC(c3ccccc3)(c3ccccc3)c3ccccc3)[C@@H](COC(c3ccccc3)(c3ccccc3)c3ccccc3)O[C@@H]2O)cc1. The molecule has 1 aliphatic heterocycles. The summed E-state index contributed by atoms with van der Waals surface area (Å²) >= 11 is 0. The molecule has 9 nitrogen and oxygen atoms in total. The zero-order valence-electron chi connectivity index (χ0n) is 36.1. The van der Waals surface area contributed by atoms with Crippen LogP contribution in [0.3, 0.4) is 0 Å². The number of hydrogen-bond acceptors (Lipinski definition) is 8. The largest absolute Gasteiger partial charge is 0.482 e. The Morgan fingerprint density at radius 2 is 0.864 bits per heavy atom. The van der Waals surface area contributed by atoms with E-state index in [1.54, 1.807) is 0 Å². The van der Waals surface area contributed by atoms with Gasteiger partial charge in [0.25, 0.3) is 5.69 Å². The third-order valence-electron chi connectivity index (χ3n) is 12.1. The van der Waals surface area contributed by atoms with Crippen LogP contribution in [0.25, 0.3) is 0 Å². The van der Waals surface area contributed by atoms with E-state index in [0.717, 1.165) is 38.9 Å². The maximum absolute atomic E-state index is 12.3. The first kappa shape index (κ1) is 44.0. The van der Waals surface area contributed by atoms with Gasteiger partial charge in [0.2, 0.25) is 0 Å². The highest BCUT2D eigenvalue weighted by Crippen LogP contribution is 2.46. The van der Waals surface area contributed by atoms with Crippen molar-refractivity contribution in [3.05, 3.63) is 286 Å². The quantitative estimate of drug-likeness (QED) is 0.0547. The number of hydrogen-bond donors (Lipinski definition) is 1. The summed E-state index contributed by atoms with van der Waals surface area (Å²) in [5.74, 6) is 0.270. The lowest BCUT2D eigenvalue weighted by Crippen LogP contribution is -2.64. The summed E-state index contributed by atoms with van der Waals surface area (Å²) in [5.41, 5.74) is 3.55. The zero-order valence-corrected chi connectivity index (χ0v) is 36.1. The summed E-state index contributed by atoms with van der Waals surface area (Å²) in [6.07, 6.45) is -5.83. The van der Waals surface area contributed by atoms with Gasteiger partial charge in [-0.15, -0.1) is 0 Å². The molecule has 1 aliphatic rings. The number of ether oxygens (including phenoxy) is 5. The molecule has 8 aromatic rings. The number of nitrogens with zero attached hydrogens (tertiary/aromatic N) is 1. The third kappa shape index (κ3) is 9.17. The molecular formula is C57H49NO8. The number of aliphatic hydroxyl groups excluding tert-OH is 1. The fourth-order valence-electron chi connectivity index (χ4n) is 8.96. The van der Waals surface area contributed by atoms with Crippen LogP contribution in [0.5, 0.6) is 5.75 Å². The predicted molar refractivity (Wildman–Crippen MR) is 253 cm³/mol. The van der Waals surface area contributed by atoms with Gasteiger partial charge in [-0.3, -0.25) is 10.1 Å². The molecule has 0 saturated carbocycles. The van der Waals surface area contributed by atoms with Gasteiger partial charge in [0.05, 0.1) is 18.1 Å². The van der Waals surface area contributed by atoms with Crippen LogP contribution in [-0.4, -0.2) is 47.3 Å². The van der Waals surface area contributed by atoms with Crippen molar-refractivity contribution in [2.75, 3.05) is 6.61 Å². The van der Waals surface area contributed by atoms with Crippen LogP contribution in [0.2, 0.25) is 0 Å². The minimum Gasteiger partial charge on any atom is -0.482 e. The van der Waals surface area contributed by atoms with E-state index in [1.165, 1.54) is 24.3 Å².